The number of nitrogens with one attached hydrogen (secondary N) is 1. The van der Waals surface area contributed by atoms with E-state index in [0.717, 1.165) is 21.9 Å². The standard InChI is InChI=1S/C22H20N8O6S2/c23-13(31)8-36-27-15(12-10-38-22(24)25-12)18(32)26-16-19(33)30-17(21(34)35)11(9-37-20(16)30)7-29-6-5-28-4-2-1-3-14(28)29/h1-6,10,16,20H,7-9H2,(H5-,23,24,25,26,31,32,34,35)/b27-15-/t16-,20-/m1/s1. The largest absolute Gasteiger partial charge is 0.543 e. The zero-order valence-corrected chi connectivity index (χ0v) is 21.1. The molecular weight excluding hydrogens is 536 g/mol. The summed E-state index contributed by atoms with van der Waals surface area (Å²) in [6, 6.07) is 4.60. The fourth-order valence-corrected chi connectivity index (χ4v) is 6.03. The lowest BCUT2D eigenvalue weighted by atomic mass is 10.0. The lowest BCUT2D eigenvalue weighted by Gasteiger charge is -2.50. The van der Waals surface area contributed by atoms with Crippen molar-refractivity contribution in [3.8, 4) is 0 Å². The molecular formula is C22H20N8O6S2. The number of amides is 3. The monoisotopic (exact) mass is 556 g/mol. The molecule has 0 aromatic carbocycles. The minimum Gasteiger partial charge on any atom is -0.543 e. The molecule has 1 fully saturated rings. The number of carboxylic acid groups (broad SMARTS) is 1. The van der Waals surface area contributed by atoms with Crippen molar-refractivity contribution in [1.82, 2.24) is 19.6 Å². The first-order valence-electron chi connectivity index (χ1n) is 11.1. The van der Waals surface area contributed by atoms with E-state index in [4.69, 9.17) is 16.3 Å². The van der Waals surface area contributed by atoms with Gasteiger partial charge < -0.3 is 31.5 Å². The first-order chi connectivity index (χ1) is 18.2. The van der Waals surface area contributed by atoms with Gasteiger partial charge >= 0.3 is 0 Å². The Bertz CT molecular complexity index is 1530. The van der Waals surface area contributed by atoms with Gasteiger partial charge in [-0.25, -0.2) is 14.0 Å². The topological polar surface area (TPSA) is 201 Å². The van der Waals surface area contributed by atoms with E-state index in [1.165, 1.54) is 17.1 Å². The fraction of sp³-hybridized carbons (Fsp3) is 0.227. The molecule has 3 aromatic rings. The first kappa shape index (κ1) is 25.2. The van der Waals surface area contributed by atoms with Crippen molar-refractivity contribution in [3.05, 3.63) is 59.1 Å². The summed E-state index contributed by atoms with van der Waals surface area (Å²) in [6.45, 7) is -0.341. The van der Waals surface area contributed by atoms with Gasteiger partial charge in [-0.1, -0.05) is 11.2 Å². The summed E-state index contributed by atoms with van der Waals surface area (Å²) in [6.07, 6.45) is 5.53. The van der Waals surface area contributed by atoms with Crippen LogP contribution in [-0.2, 0) is 30.6 Å². The highest BCUT2D eigenvalue weighted by molar-refractivity contribution is 8.00. The summed E-state index contributed by atoms with van der Waals surface area (Å²) in [5.74, 6) is -3.42. The van der Waals surface area contributed by atoms with Gasteiger partial charge in [-0.2, -0.15) is 0 Å². The Morgan fingerprint density at radius 1 is 1.32 bits per heavy atom. The molecule has 0 spiro atoms. The summed E-state index contributed by atoms with van der Waals surface area (Å²) in [5.41, 5.74) is 11.6. The number of rotatable bonds is 9. The van der Waals surface area contributed by atoms with Crippen LogP contribution in [-0.4, -0.2) is 67.5 Å². The maximum Gasteiger partial charge on any atom is 0.286 e. The number of carboxylic acids is 1. The van der Waals surface area contributed by atoms with Crippen LogP contribution >= 0.6 is 23.1 Å². The molecule has 5 rings (SSSR count). The van der Waals surface area contributed by atoms with Gasteiger partial charge in [-0.15, -0.1) is 23.1 Å². The van der Waals surface area contributed by atoms with Crippen molar-refractivity contribution in [2.45, 2.75) is 18.0 Å². The fourth-order valence-electron chi connectivity index (χ4n) is 4.15. The summed E-state index contributed by atoms with van der Waals surface area (Å²) in [5, 5.41) is 19.3. The quantitative estimate of drug-likeness (QED) is 0.111. The van der Waals surface area contributed by atoms with Crippen LogP contribution in [0.2, 0.25) is 0 Å². The zero-order chi connectivity index (χ0) is 27.0. The van der Waals surface area contributed by atoms with Crippen molar-refractivity contribution in [2.75, 3.05) is 18.1 Å². The maximum absolute atomic E-state index is 13.1. The van der Waals surface area contributed by atoms with Gasteiger partial charge in [0.15, 0.2) is 17.5 Å². The van der Waals surface area contributed by atoms with E-state index in [2.05, 4.69) is 15.5 Å². The van der Waals surface area contributed by atoms with Crippen LogP contribution in [0.15, 0.2) is 58.6 Å². The van der Waals surface area contributed by atoms with E-state index in [1.807, 2.05) is 45.8 Å². The summed E-state index contributed by atoms with van der Waals surface area (Å²) in [4.78, 5) is 59.2. The normalized spacial score (nSPS) is 19.2. The number of thiazole rings is 1. The minimum atomic E-state index is -1.48. The van der Waals surface area contributed by atoms with E-state index < -0.39 is 41.7 Å². The number of oxime groups is 1. The maximum atomic E-state index is 13.1. The number of carbonyl (C=O) groups excluding carboxylic acids is 4. The molecule has 1 saturated heterocycles. The number of nitrogens with zero attached hydrogens (tertiary/aromatic N) is 5. The lowest BCUT2D eigenvalue weighted by molar-refractivity contribution is -0.662. The Morgan fingerprint density at radius 3 is 2.84 bits per heavy atom. The smallest absolute Gasteiger partial charge is 0.286 e. The van der Waals surface area contributed by atoms with Crippen LogP contribution in [0.5, 0.6) is 0 Å². The van der Waals surface area contributed by atoms with Crippen molar-refractivity contribution in [1.29, 1.82) is 0 Å². The van der Waals surface area contributed by atoms with E-state index >= 15 is 0 Å². The third-order valence-corrected chi connectivity index (χ3v) is 7.81. The number of carbonyl (C=O) groups is 4. The third-order valence-electron chi connectivity index (χ3n) is 5.80. The number of aliphatic carboxylic acids is 1. The van der Waals surface area contributed by atoms with Crippen LogP contribution < -0.4 is 26.5 Å². The molecule has 196 valence electrons. The van der Waals surface area contributed by atoms with Crippen molar-refractivity contribution < 1.29 is 33.7 Å². The molecule has 0 unspecified atom stereocenters. The van der Waals surface area contributed by atoms with Gasteiger partial charge in [0.25, 0.3) is 23.4 Å². The predicted molar refractivity (Wildman–Crippen MR) is 133 cm³/mol. The Kier molecular flexibility index (Phi) is 6.73. The molecule has 3 aromatic heterocycles. The number of hydrogen-bond acceptors (Lipinski definition) is 11. The van der Waals surface area contributed by atoms with E-state index in [-0.39, 0.29) is 28.8 Å². The van der Waals surface area contributed by atoms with Gasteiger partial charge in [0.05, 0.1) is 17.9 Å². The molecule has 16 heteroatoms. The molecule has 3 amide bonds. The molecule has 38 heavy (non-hydrogen) atoms. The van der Waals surface area contributed by atoms with E-state index in [1.54, 1.807) is 0 Å². The molecule has 0 bridgehead atoms. The van der Waals surface area contributed by atoms with Crippen molar-refractivity contribution in [3.63, 3.8) is 0 Å². The van der Waals surface area contributed by atoms with Crippen LogP contribution in [0.4, 0.5) is 5.13 Å². The second-order valence-electron chi connectivity index (χ2n) is 8.24. The van der Waals surface area contributed by atoms with Crippen LogP contribution in [0, 0.1) is 0 Å². The van der Waals surface area contributed by atoms with Gasteiger partial charge in [0.1, 0.15) is 36.0 Å². The van der Waals surface area contributed by atoms with Gasteiger partial charge in [0, 0.05) is 22.8 Å². The molecule has 5 N–H and O–H groups in total. The summed E-state index contributed by atoms with van der Waals surface area (Å²) in [7, 11) is 0. The van der Waals surface area contributed by atoms with E-state index in [0.29, 0.717) is 11.3 Å². The summed E-state index contributed by atoms with van der Waals surface area (Å²) < 4.78 is 3.76. The molecule has 2 atom stereocenters. The second kappa shape index (κ2) is 10.1. The highest BCUT2D eigenvalue weighted by Crippen LogP contribution is 2.40. The van der Waals surface area contributed by atoms with Crippen molar-refractivity contribution >= 4 is 63.3 Å². The molecule has 0 aliphatic carbocycles. The number of pyridine rings is 1. The SMILES string of the molecule is NC(=O)CO/N=C(\C(=O)N[C@@H]1C(=O)N2C(C(=O)[O-])=C(C[n+]3ccn4ccccc43)CS[C@H]12)c1csc(N)n1. The average Bonchev–Trinajstić information content (AvgIpc) is 3.50. The van der Waals surface area contributed by atoms with Crippen LogP contribution in [0.1, 0.15) is 5.69 Å². The van der Waals surface area contributed by atoms with Crippen molar-refractivity contribution in [2.24, 2.45) is 10.9 Å². The number of anilines is 1. The number of nitrogen functional groups attached to an aromatic ring is 1. The Hall–Kier alpha value is -4.44. The summed E-state index contributed by atoms with van der Waals surface area (Å²) >= 11 is 2.36. The predicted octanol–water partition coefficient (Wildman–Crippen LogP) is -2.42. The highest BCUT2D eigenvalue weighted by Gasteiger charge is 2.53. The first-order valence-corrected chi connectivity index (χ1v) is 13.0. The van der Waals surface area contributed by atoms with Crippen LogP contribution in [0.25, 0.3) is 5.65 Å². The third kappa shape index (κ3) is 4.66. The Labute approximate surface area is 222 Å². The highest BCUT2D eigenvalue weighted by atomic mass is 32.2. The molecule has 0 saturated carbocycles. The van der Waals surface area contributed by atoms with Crippen LogP contribution in [0.3, 0.4) is 0 Å². The number of imidazole rings is 1. The lowest BCUT2D eigenvalue weighted by Crippen LogP contribution is -2.71. The molecule has 2 aliphatic rings. The second-order valence-corrected chi connectivity index (χ2v) is 10.2. The average molecular weight is 557 g/mol. The number of nitrogens with two attached hydrogens (primary N) is 2. The molecule has 0 radical (unpaired) electrons. The number of fused-ring (bicyclic) bond motifs is 2. The Morgan fingerprint density at radius 2 is 2.13 bits per heavy atom. The number of thioether (sulfide) groups is 1. The zero-order valence-electron chi connectivity index (χ0n) is 19.5. The van der Waals surface area contributed by atoms with Gasteiger partial charge in [-0.05, 0) is 6.07 Å². The minimum absolute atomic E-state index is 0.0730. The van der Waals surface area contributed by atoms with Gasteiger partial charge in [-0.3, -0.25) is 19.3 Å². The number of β-lactam (4-membered cyclic amide) rings is 1. The van der Waals surface area contributed by atoms with Gasteiger partial charge in [0.2, 0.25) is 0 Å². The molecule has 5 heterocycles. The number of aromatic nitrogens is 3. The molecule has 2 aliphatic heterocycles. The number of primary amides is 1. The Balaban J connectivity index is 1.36. The molecule has 14 nitrogen and oxygen atoms in total. The number of hydrogen-bond donors (Lipinski definition) is 3. The van der Waals surface area contributed by atoms with E-state index in [9.17, 15) is 24.3 Å².